The predicted molar refractivity (Wildman–Crippen MR) is 161 cm³/mol. The highest BCUT2D eigenvalue weighted by molar-refractivity contribution is 8.18. The number of ether oxygens (including phenoxy) is 1. The van der Waals surface area contributed by atoms with Gasteiger partial charge in [-0.3, -0.25) is 14.5 Å². The third-order valence-electron chi connectivity index (χ3n) is 7.19. The highest BCUT2D eigenvalue weighted by atomic mass is 32.2. The number of nitrogens with one attached hydrogen (secondary N) is 1. The van der Waals surface area contributed by atoms with Crippen LogP contribution in [0.4, 0.5) is 11.4 Å². The van der Waals surface area contributed by atoms with Crippen molar-refractivity contribution in [1.82, 2.24) is 4.90 Å². The Bertz CT molecular complexity index is 1480. The van der Waals surface area contributed by atoms with E-state index >= 15 is 0 Å². The molecule has 9 heteroatoms. The summed E-state index contributed by atoms with van der Waals surface area (Å²) in [6.45, 7) is 0.497. The van der Waals surface area contributed by atoms with Crippen LogP contribution in [0.5, 0.6) is 5.75 Å². The zero-order valence-corrected chi connectivity index (χ0v) is 23.5. The van der Waals surface area contributed by atoms with Gasteiger partial charge in [-0.1, -0.05) is 55.7 Å². The standard InChI is InChI=1S/C32H31N3O5S/c1-35-30(37)28(41-32(35)34-26-15-13-25(14-16-26)33-29(36)31(38)39)19-21-9-17-27(18-10-21)40-20-22-7-11-24(12-8-22)23-5-3-2-4-6-23/h7-19,23H,2-6,20H2,1H3,(H,33,36)(H,38,39)/b28-19-,34-32+. The Morgan fingerprint density at radius 2 is 1.68 bits per heavy atom. The smallest absolute Gasteiger partial charge is 0.394 e. The monoisotopic (exact) mass is 569 g/mol. The van der Waals surface area contributed by atoms with E-state index in [4.69, 9.17) is 9.84 Å². The Kier molecular flexibility index (Phi) is 8.84. The molecule has 1 saturated carbocycles. The third kappa shape index (κ3) is 7.24. The molecule has 1 aliphatic heterocycles. The van der Waals surface area contributed by atoms with Crippen LogP contribution in [0.25, 0.3) is 6.08 Å². The van der Waals surface area contributed by atoms with Gasteiger partial charge in [0.2, 0.25) is 0 Å². The summed E-state index contributed by atoms with van der Waals surface area (Å²) in [4.78, 5) is 41.4. The number of carboxylic acids is 1. The Labute approximate surface area is 243 Å². The summed E-state index contributed by atoms with van der Waals surface area (Å²) >= 11 is 1.27. The van der Waals surface area contributed by atoms with Gasteiger partial charge in [-0.25, -0.2) is 9.79 Å². The molecule has 0 bridgehead atoms. The Balaban J connectivity index is 1.17. The second kappa shape index (κ2) is 12.9. The summed E-state index contributed by atoms with van der Waals surface area (Å²) in [6.07, 6.45) is 8.43. The molecule has 2 N–H and O–H groups in total. The fraction of sp³-hybridized carbons (Fsp3) is 0.250. The molecule has 1 heterocycles. The number of rotatable bonds is 7. The van der Waals surface area contributed by atoms with E-state index in [-0.39, 0.29) is 5.91 Å². The van der Waals surface area contributed by atoms with Crippen molar-refractivity contribution in [2.24, 2.45) is 4.99 Å². The maximum Gasteiger partial charge on any atom is 0.394 e. The summed E-state index contributed by atoms with van der Waals surface area (Å²) < 4.78 is 5.99. The van der Waals surface area contributed by atoms with Crippen molar-refractivity contribution in [2.45, 2.75) is 44.6 Å². The molecule has 3 aromatic rings. The number of aliphatic carboxylic acids is 1. The van der Waals surface area contributed by atoms with Crippen molar-refractivity contribution < 1.29 is 24.2 Å². The van der Waals surface area contributed by atoms with Crippen molar-refractivity contribution in [1.29, 1.82) is 0 Å². The molecule has 0 radical (unpaired) electrons. The topological polar surface area (TPSA) is 108 Å². The van der Waals surface area contributed by atoms with Crippen LogP contribution in [-0.2, 0) is 21.0 Å². The number of carbonyl (C=O) groups excluding carboxylic acids is 2. The lowest BCUT2D eigenvalue weighted by molar-refractivity contribution is -0.147. The molecule has 0 aromatic heterocycles. The summed E-state index contributed by atoms with van der Waals surface area (Å²) in [5.41, 5.74) is 4.35. The number of hydrogen-bond donors (Lipinski definition) is 2. The van der Waals surface area contributed by atoms with Crippen LogP contribution in [0.3, 0.4) is 0 Å². The number of likely N-dealkylation sites (N-methyl/N-ethyl adjacent to an activating group) is 1. The lowest BCUT2D eigenvalue weighted by Gasteiger charge is -2.22. The fourth-order valence-electron chi connectivity index (χ4n) is 4.87. The lowest BCUT2D eigenvalue weighted by atomic mass is 9.84. The van der Waals surface area contributed by atoms with Crippen LogP contribution in [0, 0.1) is 0 Å². The molecule has 41 heavy (non-hydrogen) atoms. The molecule has 8 nitrogen and oxygen atoms in total. The second-order valence-corrected chi connectivity index (χ2v) is 11.1. The quantitative estimate of drug-likeness (QED) is 0.246. The van der Waals surface area contributed by atoms with E-state index in [1.165, 1.54) is 54.3 Å². The van der Waals surface area contributed by atoms with E-state index in [1.54, 1.807) is 31.3 Å². The van der Waals surface area contributed by atoms with Crippen molar-refractivity contribution >= 4 is 52.2 Å². The van der Waals surface area contributed by atoms with E-state index in [2.05, 4.69) is 34.6 Å². The molecule has 5 rings (SSSR count). The van der Waals surface area contributed by atoms with E-state index in [0.29, 0.717) is 34.0 Å². The maximum atomic E-state index is 12.8. The number of amides is 2. The first kappa shape index (κ1) is 28.2. The number of benzene rings is 3. The van der Waals surface area contributed by atoms with Gasteiger partial charge in [-0.2, -0.15) is 0 Å². The molecule has 3 aromatic carbocycles. The number of anilines is 1. The van der Waals surface area contributed by atoms with E-state index in [1.807, 2.05) is 30.3 Å². The van der Waals surface area contributed by atoms with Gasteiger partial charge in [-0.15, -0.1) is 0 Å². The fourth-order valence-corrected chi connectivity index (χ4v) is 5.85. The van der Waals surface area contributed by atoms with Gasteiger partial charge in [0.25, 0.3) is 5.91 Å². The van der Waals surface area contributed by atoms with Gasteiger partial charge in [-0.05, 0) is 89.7 Å². The molecule has 2 amide bonds. The first-order valence-corrected chi connectivity index (χ1v) is 14.4. The minimum Gasteiger partial charge on any atom is -0.489 e. The highest BCUT2D eigenvalue weighted by Crippen LogP contribution is 2.34. The zero-order valence-electron chi connectivity index (χ0n) is 22.7. The minimum absolute atomic E-state index is 0.156. The van der Waals surface area contributed by atoms with Gasteiger partial charge < -0.3 is 15.2 Å². The molecule has 0 unspecified atom stereocenters. The predicted octanol–water partition coefficient (Wildman–Crippen LogP) is 6.57. The highest BCUT2D eigenvalue weighted by Gasteiger charge is 2.30. The van der Waals surface area contributed by atoms with Crippen molar-refractivity contribution in [3.63, 3.8) is 0 Å². The molecule has 0 atom stereocenters. The summed E-state index contributed by atoms with van der Waals surface area (Å²) in [7, 11) is 1.66. The Morgan fingerprint density at radius 1 is 1.00 bits per heavy atom. The normalized spacial score (nSPS) is 17.7. The number of nitrogens with zero attached hydrogens (tertiary/aromatic N) is 2. The van der Waals surface area contributed by atoms with Crippen LogP contribution < -0.4 is 10.1 Å². The molecular formula is C32H31N3O5S. The zero-order chi connectivity index (χ0) is 28.8. The van der Waals surface area contributed by atoms with Gasteiger partial charge in [0.05, 0.1) is 10.6 Å². The third-order valence-corrected chi connectivity index (χ3v) is 8.25. The van der Waals surface area contributed by atoms with E-state index < -0.39 is 11.9 Å². The molecule has 2 fully saturated rings. The van der Waals surface area contributed by atoms with Gasteiger partial charge in [0, 0.05) is 12.7 Å². The maximum absolute atomic E-state index is 12.8. The molecule has 2 aliphatic rings. The van der Waals surface area contributed by atoms with Crippen molar-refractivity contribution in [3.8, 4) is 5.75 Å². The second-order valence-electron chi connectivity index (χ2n) is 10.1. The van der Waals surface area contributed by atoms with Crippen LogP contribution in [0.1, 0.15) is 54.7 Å². The average molecular weight is 570 g/mol. The largest absolute Gasteiger partial charge is 0.489 e. The van der Waals surface area contributed by atoms with Crippen LogP contribution in [0.15, 0.2) is 82.7 Å². The lowest BCUT2D eigenvalue weighted by Crippen LogP contribution is -2.23. The van der Waals surface area contributed by atoms with Gasteiger partial charge >= 0.3 is 11.9 Å². The SMILES string of the molecule is CN1C(=O)/C(=C/c2ccc(OCc3ccc(C4CCCCC4)cc3)cc2)S/C1=N/c1ccc(NC(=O)C(=O)O)cc1. The summed E-state index contributed by atoms with van der Waals surface area (Å²) in [6, 6.07) is 22.8. The molecule has 1 aliphatic carbocycles. The molecule has 0 spiro atoms. The average Bonchev–Trinajstić information content (AvgIpc) is 3.25. The first-order valence-electron chi connectivity index (χ1n) is 13.6. The van der Waals surface area contributed by atoms with E-state index in [9.17, 15) is 14.4 Å². The minimum atomic E-state index is -1.56. The van der Waals surface area contributed by atoms with Crippen LogP contribution >= 0.6 is 11.8 Å². The number of carbonyl (C=O) groups is 3. The number of carboxylic acid groups (broad SMARTS) is 1. The summed E-state index contributed by atoms with van der Waals surface area (Å²) in [5, 5.41) is 11.5. The first-order chi connectivity index (χ1) is 19.9. The van der Waals surface area contributed by atoms with Crippen LogP contribution in [-0.4, -0.2) is 40.0 Å². The summed E-state index contributed by atoms with van der Waals surface area (Å²) in [5.74, 6) is -1.38. The number of amidine groups is 1. The molecule has 1 saturated heterocycles. The van der Waals surface area contributed by atoms with E-state index in [0.717, 1.165) is 16.9 Å². The Hall–Kier alpha value is -4.37. The molecular weight excluding hydrogens is 538 g/mol. The molecule has 210 valence electrons. The van der Waals surface area contributed by atoms with Crippen molar-refractivity contribution in [3.05, 3.63) is 94.4 Å². The number of hydrogen-bond acceptors (Lipinski definition) is 6. The van der Waals surface area contributed by atoms with Gasteiger partial charge in [0.1, 0.15) is 12.4 Å². The van der Waals surface area contributed by atoms with Crippen molar-refractivity contribution in [2.75, 3.05) is 12.4 Å². The Morgan fingerprint density at radius 3 is 2.34 bits per heavy atom. The number of thioether (sulfide) groups is 1. The van der Waals surface area contributed by atoms with Crippen LogP contribution in [0.2, 0.25) is 0 Å². The van der Waals surface area contributed by atoms with Gasteiger partial charge in [0.15, 0.2) is 5.17 Å². The number of aliphatic imine (C=N–C) groups is 1.